The van der Waals surface area contributed by atoms with Crippen molar-refractivity contribution in [3.05, 3.63) is 39.4 Å². The van der Waals surface area contributed by atoms with Crippen LogP contribution in [-0.2, 0) is 23.3 Å². The summed E-state index contributed by atoms with van der Waals surface area (Å²) in [5.41, 5.74) is 1.03. The molecule has 0 N–H and O–H groups in total. The van der Waals surface area contributed by atoms with E-state index in [-0.39, 0.29) is 38.7 Å². The van der Waals surface area contributed by atoms with Gasteiger partial charge in [0.25, 0.3) is 8.53 Å². The Bertz CT molecular complexity index is 888. The van der Waals surface area contributed by atoms with Gasteiger partial charge in [-0.15, -0.1) is 0 Å². The zero-order chi connectivity index (χ0) is 26.1. The van der Waals surface area contributed by atoms with E-state index in [9.17, 15) is 4.79 Å². The van der Waals surface area contributed by atoms with Crippen LogP contribution in [0.15, 0.2) is 11.0 Å². The van der Waals surface area contributed by atoms with Crippen molar-refractivity contribution in [2.24, 2.45) is 0 Å². The van der Waals surface area contributed by atoms with Gasteiger partial charge in [-0.05, 0) is 54.0 Å². The average Bonchev–Trinajstić information content (AvgIpc) is 3.13. The van der Waals surface area contributed by atoms with Gasteiger partial charge < -0.3 is 28.1 Å². The van der Waals surface area contributed by atoms with E-state index in [1.54, 1.807) is 20.2 Å². The number of hydrogen-bond acceptors (Lipinski definition) is 8. The number of aryl methyl sites for hydroxylation is 2. The van der Waals surface area contributed by atoms with Crippen molar-refractivity contribution in [2.45, 2.75) is 85.1 Å². The fourth-order valence-electron chi connectivity index (χ4n) is 3.73. The maximum Gasteiger partial charge on any atom is 0.349 e. The maximum atomic E-state index is 12.8. The molecule has 2 rings (SSSR count). The molecule has 192 valence electrons. The molecule has 0 aliphatic carbocycles. The van der Waals surface area contributed by atoms with E-state index in [0.717, 1.165) is 5.56 Å². The third-order valence-corrected chi connectivity index (χ3v) is 7.54. The molecule has 0 spiro atoms. The molecule has 0 radical (unpaired) electrons. The fourth-order valence-corrected chi connectivity index (χ4v) is 5.49. The minimum atomic E-state index is -1.60. The molecule has 0 amide bonds. The van der Waals surface area contributed by atoms with E-state index in [0.29, 0.717) is 12.3 Å². The third kappa shape index (κ3) is 7.28. The molecule has 2 heterocycles. The topological polar surface area (TPSA) is 88.6 Å². The highest BCUT2D eigenvalue weighted by Crippen LogP contribution is 2.50. The largest absolute Gasteiger partial charge is 0.382 e. The van der Waals surface area contributed by atoms with Crippen LogP contribution in [0.25, 0.3) is 4.85 Å². The Morgan fingerprint density at radius 1 is 1.26 bits per heavy atom. The van der Waals surface area contributed by atoms with Crippen molar-refractivity contribution >= 4 is 8.53 Å². The second kappa shape index (κ2) is 13.6. The minimum Gasteiger partial charge on any atom is -0.382 e. The summed E-state index contributed by atoms with van der Waals surface area (Å²) in [5, 5.41) is 0. The Labute approximate surface area is 205 Å². The van der Waals surface area contributed by atoms with Crippen LogP contribution in [-0.4, -0.2) is 78.1 Å². The molecule has 1 saturated heterocycles. The summed E-state index contributed by atoms with van der Waals surface area (Å²) in [6.07, 6.45) is -1.15. The van der Waals surface area contributed by atoms with Gasteiger partial charge in [0.1, 0.15) is 18.8 Å². The molecule has 11 heteroatoms. The number of ether oxygens (including phenoxy) is 3. The summed E-state index contributed by atoms with van der Waals surface area (Å²) in [6.45, 7) is 19.9. The predicted octanol–water partition coefficient (Wildman–Crippen LogP) is 3.48. The molecule has 1 fully saturated rings. The first-order chi connectivity index (χ1) is 16.7. The second-order valence-electron chi connectivity index (χ2n) is 8.68. The third-order valence-electron chi connectivity index (χ3n) is 5.41. The number of hydrogen-bond donors (Lipinski definition) is 0. The lowest BCUT2D eigenvalue weighted by atomic mass is 10.1. The molecule has 10 nitrogen and oxygen atoms in total. The fraction of sp³-hybridized carbons (Fsp3) is 0.783. The quantitative estimate of drug-likeness (QED) is 0.232. The minimum absolute atomic E-state index is 0.0904. The highest BCUT2D eigenvalue weighted by atomic mass is 31.2. The zero-order valence-electron chi connectivity index (χ0n) is 22.3. The molecule has 34 heavy (non-hydrogen) atoms. The van der Waals surface area contributed by atoms with Gasteiger partial charge in [-0.2, -0.15) is 4.98 Å². The van der Waals surface area contributed by atoms with Crippen LogP contribution in [0.3, 0.4) is 0 Å². The van der Waals surface area contributed by atoms with Crippen LogP contribution in [0.4, 0.5) is 0 Å². The molecule has 0 bridgehead atoms. The maximum absolute atomic E-state index is 12.8. The summed E-state index contributed by atoms with van der Waals surface area (Å²) in [4.78, 5) is 20.3. The van der Waals surface area contributed by atoms with E-state index in [1.165, 1.54) is 4.57 Å². The van der Waals surface area contributed by atoms with Crippen molar-refractivity contribution in [3.8, 4) is 0 Å². The van der Waals surface area contributed by atoms with Crippen molar-refractivity contribution in [3.63, 3.8) is 0 Å². The van der Waals surface area contributed by atoms with E-state index in [4.69, 9.17) is 31.2 Å². The smallest absolute Gasteiger partial charge is 0.349 e. The normalized spacial score (nSPS) is 24.1. The van der Waals surface area contributed by atoms with E-state index in [2.05, 4.69) is 42.2 Å². The van der Waals surface area contributed by atoms with Crippen LogP contribution < -0.4 is 5.69 Å². The molecule has 1 aromatic heterocycles. The number of methoxy groups -OCH3 is 1. The molecule has 1 aromatic rings. The van der Waals surface area contributed by atoms with Crippen LogP contribution >= 0.6 is 8.53 Å². The number of rotatable bonds is 13. The molecule has 1 aliphatic rings. The lowest BCUT2D eigenvalue weighted by Gasteiger charge is -2.37. The van der Waals surface area contributed by atoms with Gasteiger partial charge in [-0.25, -0.2) is 16.0 Å². The Morgan fingerprint density at radius 2 is 1.97 bits per heavy atom. The molecule has 0 aromatic carbocycles. The molecular formula is C23H39N4O6P. The summed E-state index contributed by atoms with van der Waals surface area (Å²) in [6, 6.07) is 0.224. The molecular weight excluding hydrogens is 459 g/mol. The number of aromatic nitrogens is 2. The lowest BCUT2D eigenvalue weighted by Crippen LogP contribution is -2.41. The Kier molecular flexibility index (Phi) is 10.9. The van der Waals surface area contributed by atoms with Gasteiger partial charge in [0, 0.05) is 32.5 Å². The van der Waals surface area contributed by atoms with Crippen molar-refractivity contribution in [1.82, 2.24) is 14.2 Å². The van der Waals surface area contributed by atoms with E-state index >= 15 is 0 Å². The Morgan fingerprint density at radius 3 is 2.56 bits per heavy atom. The Balaban J connectivity index is 2.45. The molecule has 1 aliphatic heterocycles. The van der Waals surface area contributed by atoms with Gasteiger partial charge in [0.15, 0.2) is 6.23 Å². The molecule has 0 saturated carbocycles. The summed E-state index contributed by atoms with van der Waals surface area (Å²) in [5.74, 6) is 0. The van der Waals surface area contributed by atoms with Gasteiger partial charge in [0.2, 0.25) is 6.54 Å². The zero-order valence-corrected chi connectivity index (χ0v) is 22.2. The first-order valence-corrected chi connectivity index (χ1v) is 12.6. The standard InChI is InChI=1S/C23H39N4O6P/c1-15(2)27(16(3)4)34(31-11-10-24-8)33-20-19(7)32-22(21(20)30-13-12-29-9)26-14-17(5)18(6)25-23(26)28/h14-16,19-22H,10-13H2,1-7,9H3/t19-,20?,21?,22-,34?/m1/s1/i7D. The van der Waals surface area contributed by atoms with Crippen molar-refractivity contribution in [2.75, 3.05) is 33.5 Å². The van der Waals surface area contributed by atoms with E-state index in [1.807, 2.05) is 6.92 Å². The number of nitrogens with zero attached hydrogens (tertiary/aromatic N) is 4. The van der Waals surface area contributed by atoms with Crippen LogP contribution in [0, 0.1) is 20.4 Å². The monoisotopic (exact) mass is 499 g/mol. The van der Waals surface area contributed by atoms with Crippen LogP contribution in [0.1, 0.15) is 53.5 Å². The lowest BCUT2D eigenvalue weighted by molar-refractivity contribution is -0.0776. The van der Waals surface area contributed by atoms with Crippen LogP contribution in [0.2, 0.25) is 0 Å². The highest BCUT2D eigenvalue weighted by molar-refractivity contribution is 7.44. The summed E-state index contributed by atoms with van der Waals surface area (Å²) in [7, 11) is -0.0165. The first-order valence-electron chi connectivity index (χ1n) is 12.2. The Hall–Kier alpha value is -1.44. The van der Waals surface area contributed by atoms with Crippen molar-refractivity contribution < 1.29 is 24.6 Å². The van der Waals surface area contributed by atoms with Gasteiger partial charge in [-0.3, -0.25) is 4.57 Å². The van der Waals surface area contributed by atoms with Gasteiger partial charge in [-0.1, -0.05) is 0 Å². The average molecular weight is 500 g/mol. The predicted molar refractivity (Wildman–Crippen MR) is 130 cm³/mol. The second-order valence-corrected chi connectivity index (χ2v) is 10.1. The van der Waals surface area contributed by atoms with Crippen molar-refractivity contribution in [1.29, 1.82) is 0 Å². The summed E-state index contributed by atoms with van der Waals surface area (Å²) >= 11 is 0. The summed E-state index contributed by atoms with van der Waals surface area (Å²) < 4.78 is 41.8. The van der Waals surface area contributed by atoms with Gasteiger partial charge in [0.05, 0.1) is 19.3 Å². The molecule has 5 atom stereocenters. The SMILES string of the molecule is [2H]C[C@H]1O[C@@H](n2cc(C)c(C)nc2=O)C(OCCOC)C1OP(OCC[N+]#[C-])N(C(C)C)C(C)C. The van der Waals surface area contributed by atoms with E-state index < -0.39 is 38.8 Å². The molecule has 3 unspecified atom stereocenters. The highest BCUT2D eigenvalue weighted by Gasteiger charge is 2.48. The first kappa shape index (κ1) is 27.2. The van der Waals surface area contributed by atoms with Crippen LogP contribution in [0.5, 0.6) is 0 Å². The van der Waals surface area contributed by atoms with Gasteiger partial charge >= 0.3 is 5.69 Å².